The van der Waals surface area contributed by atoms with Gasteiger partial charge < -0.3 is 19.9 Å². The maximum atomic E-state index is 10.7. The normalized spacial score (nSPS) is 27.4. The number of hydrogen-bond donors (Lipinski definition) is 2. The van der Waals surface area contributed by atoms with Crippen LogP contribution < -0.4 is 10.1 Å². The zero-order chi connectivity index (χ0) is 20.0. The third-order valence-electron chi connectivity index (χ3n) is 6.20. The van der Waals surface area contributed by atoms with Crippen LogP contribution in [0.2, 0.25) is 10.0 Å². The molecule has 2 aromatic carbocycles. The summed E-state index contributed by atoms with van der Waals surface area (Å²) >= 11 is 12.5. The van der Waals surface area contributed by atoms with Crippen LogP contribution in [0.3, 0.4) is 0 Å². The number of aromatic hydroxyl groups is 1. The average molecular weight is 432 g/mol. The van der Waals surface area contributed by atoms with E-state index in [1.54, 1.807) is 12.1 Å². The maximum absolute atomic E-state index is 10.7. The van der Waals surface area contributed by atoms with E-state index in [9.17, 15) is 5.11 Å². The zero-order valence-electron chi connectivity index (χ0n) is 15.9. The van der Waals surface area contributed by atoms with E-state index in [0.717, 1.165) is 42.9 Å². The Morgan fingerprint density at radius 3 is 2.93 bits per heavy atom. The van der Waals surface area contributed by atoms with Crippen LogP contribution >= 0.6 is 23.2 Å². The van der Waals surface area contributed by atoms with Gasteiger partial charge in [-0.1, -0.05) is 47.5 Å². The molecule has 4 atom stereocenters. The molecule has 29 heavy (non-hydrogen) atoms. The minimum absolute atomic E-state index is 0.0837. The first-order valence-corrected chi connectivity index (χ1v) is 10.9. The van der Waals surface area contributed by atoms with E-state index in [2.05, 4.69) is 23.5 Å². The third kappa shape index (κ3) is 3.48. The number of benzene rings is 2. The van der Waals surface area contributed by atoms with Crippen molar-refractivity contribution in [1.29, 1.82) is 0 Å². The highest BCUT2D eigenvalue weighted by molar-refractivity contribution is 6.35. The van der Waals surface area contributed by atoms with Crippen LogP contribution in [0.1, 0.15) is 42.3 Å². The van der Waals surface area contributed by atoms with E-state index in [-0.39, 0.29) is 34.8 Å². The van der Waals surface area contributed by atoms with E-state index < -0.39 is 0 Å². The van der Waals surface area contributed by atoms with Gasteiger partial charge in [-0.2, -0.15) is 0 Å². The van der Waals surface area contributed by atoms with Crippen molar-refractivity contribution in [3.63, 3.8) is 0 Å². The second-order valence-electron chi connectivity index (χ2n) is 7.97. The smallest absolute Gasteiger partial charge is 0.142 e. The molecular formula is C23H23Cl2NO3. The van der Waals surface area contributed by atoms with Crippen molar-refractivity contribution >= 4 is 28.9 Å². The van der Waals surface area contributed by atoms with Crippen molar-refractivity contribution in [2.24, 2.45) is 5.92 Å². The van der Waals surface area contributed by atoms with Crippen molar-refractivity contribution in [2.75, 3.05) is 18.5 Å². The number of anilines is 1. The summed E-state index contributed by atoms with van der Waals surface area (Å²) in [6.45, 7) is 1.35. The number of nitrogens with one attached hydrogen (secondary N) is 1. The Kier molecular flexibility index (Phi) is 5.10. The first-order chi connectivity index (χ1) is 14.1. The Morgan fingerprint density at radius 2 is 2.10 bits per heavy atom. The van der Waals surface area contributed by atoms with Gasteiger partial charge in [0.25, 0.3) is 0 Å². The first kappa shape index (κ1) is 19.1. The highest BCUT2D eigenvalue weighted by Gasteiger charge is 2.40. The SMILES string of the molecule is Oc1c(Cl)cc(Cl)cc1C1Nc2c(OCC3CCCO3)cccc2C2C=CCC21. The lowest BCUT2D eigenvalue weighted by atomic mass is 9.76. The molecule has 4 nitrogen and oxygen atoms in total. The van der Waals surface area contributed by atoms with Gasteiger partial charge in [0.05, 0.1) is 22.9 Å². The van der Waals surface area contributed by atoms with Gasteiger partial charge in [-0.05, 0) is 48.9 Å². The molecule has 1 aliphatic carbocycles. The zero-order valence-corrected chi connectivity index (χ0v) is 17.4. The summed E-state index contributed by atoms with van der Waals surface area (Å²) in [5, 5.41) is 15.1. The maximum Gasteiger partial charge on any atom is 0.142 e. The molecule has 0 radical (unpaired) electrons. The van der Waals surface area contributed by atoms with Gasteiger partial charge in [-0.3, -0.25) is 0 Å². The van der Waals surface area contributed by atoms with Gasteiger partial charge in [0.1, 0.15) is 18.1 Å². The van der Waals surface area contributed by atoms with E-state index in [1.165, 1.54) is 5.56 Å². The molecule has 0 amide bonds. The number of fused-ring (bicyclic) bond motifs is 3. The second-order valence-corrected chi connectivity index (χ2v) is 8.81. The van der Waals surface area contributed by atoms with Crippen LogP contribution in [-0.4, -0.2) is 24.4 Å². The summed E-state index contributed by atoms with van der Waals surface area (Å²) in [5.41, 5.74) is 2.91. The molecule has 5 rings (SSSR count). The highest BCUT2D eigenvalue weighted by atomic mass is 35.5. The van der Waals surface area contributed by atoms with Crippen LogP contribution in [0.25, 0.3) is 0 Å². The van der Waals surface area contributed by atoms with Crippen molar-refractivity contribution in [3.05, 3.63) is 63.7 Å². The van der Waals surface area contributed by atoms with Gasteiger partial charge in [-0.25, -0.2) is 0 Å². The Bertz CT molecular complexity index is 955. The van der Waals surface area contributed by atoms with E-state index in [1.807, 2.05) is 12.1 Å². The molecule has 1 saturated heterocycles. The predicted molar refractivity (Wildman–Crippen MR) is 115 cm³/mol. The molecule has 2 aliphatic heterocycles. The molecule has 0 bridgehead atoms. The fraction of sp³-hybridized carbons (Fsp3) is 0.391. The van der Waals surface area contributed by atoms with E-state index in [0.29, 0.717) is 11.6 Å². The number of ether oxygens (including phenoxy) is 2. The van der Waals surface area contributed by atoms with Gasteiger partial charge >= 0.3 is 0 Å². The highest BCUT2D eigenvalue weighted by Crippen LogP contribution is 2.54. The molecule has 3 aliphatic rings. The fourth-order valence-corrected chi connectivity index (χ4v) is 5.31. The monoisotopic (exact) mass is 431 g/mol. The van der Waals surface area contributed by atoms with Crippen LogP contribution in [0, 0.1) is 5.92 Å². The molecule has 4 unspecified atom stereocenters. The minimum Gasteiger partial charge on any atom is -0.506 e. The Morgan fingerprint density at radius 1 is 1.21 bits per heavy atom. The lowest BCUT2D eigenvalue weighted by Crippen LogP contribution is -2.30. The van der Waals surface area contributed by atoms with E-state index >= 15 is 0 Å². The number of hydrogen-bond acceptors (Lipinski definition) is 4. The molecule has 0 spiro atoms. The molecule has 0 saturated carbocycles. The number of halogens is 2. The molecule has 2 N–H and O–H groups in total. The summed E-state index contributed by atoms with van der Waals surface area (Å²) in [6, 6.07) is 9.43. The van der Waals surface area contributed by atoms with Crippen molar-refractivity contribution in [2.45, 2.75) is 37.3 Å². The lowest BCUT2D eigenvalue weighted by molar-refractivity contribution is 0.0681. The molecule has 2 heterocycles. The number of allylic oxidation sites excluding steroid dienone is 2. The van der Waals surface area contributed by atoms with Crippen molar-refractivity contribution < 1.29 is 14.6 Å². The minimum atomic E-state index is -0.119. The summed E-state index contributed by atoms with van der Waals surface area (Å²) < 4.78 is 11.9. The third-order valence-corrected chi connectivity index (χ3v) is 6.71. The topological polar surface area (TPSA) is 50.7 Å². The standard InChI is InChI=1S/C23H23Cl2NO3/c24-13-10-18(23(27)19(25)11-13)21-16-6-1-5-15(16)17-7-2-8-20(22(17)26-21)29-12-14-4-3-9-28-14/h1-2,5,7-8,10-11,14-16,21,26-27H,3-4,6,9,12H2. The average Bonchev–Trinajstić information content (AvgIpc) is 3.40. The van der Waals surface area contributed by atoms with Gasteiger partial charge in [0.15, 0.2) is 0 Å². The van der Waals surface area contributed by atoms with Crippen LogP contribution in [0.4, 0.5) is 5.69 Å². The Labute approximate surface area is 180 Å². The van der Waals surface area contributed by atoms with Gasteiger partial charge in [0.2, 0.25) is 0 Å². The molecule has 6 heteroatoms. The number of phenolic OH excluding ortho intramolecular Hbond substituents is 1. The molecule has 2 aromatic rings. The molecule has 152 valence electrons. The number of rotatable bonds is 4. The predicted octanol–water partition coefficient (Wildman–Crippen LogP) is 6.08. The fourth-order valence-electron chi connectivity index (χ4n) is 4.80. The molecule has 1 fully saturated rings. The lowest BCUT2D eigenvalue weighted by Gasteiger charge is -2.38. The molecular weight excluding hydrogens is 409 g/mol. The van der Waals surface area contributed by atoms with Crippen LogP contribution in [0.15, 0.2) is 42.5 Å². The molecule has 0 aromatic heterocycles. The van der Waals surface area contributed by atoms with Crippen molar-refractivity contribution in [3.8, 4) is 11.5 Å². The summed E-state index contributed by atoms with van der Waals surface area (Å²) in [7, 11) is 0. The quantitative estimate of drug-likeness (QED) is 0.575. The van der Waals surface area contributed by atoms with Crippen LogP contribution in [-0.2, 0) is 4.74 Å². The Hall–Kier alpha value is -1.88. The van der Waals surface area contributed by atoms with Crippen molar-refractivity contribution in [1.82, 2.24) is 0 Å². The van der Waals surface area contributed by atoms with Gasteiger partial charge in [0, 0.05) is 23.1 Å². The summed E-state index contributed by atoms with van der Waals surface area (Å²) in [4.78, 5) is 0. The number of phenols is 1. The Balaban J connectivity index is 1.51. The largest absolute Gasteiger partial charge is 0.506 e. The number of para-hydroxylation sites is 1. The van der Waals surface area contributed by atoms with E-state index in [4.69, 9.17) is 32.7 Å². The van der Waals surface area contributed by atoms with Crippen LogP contribution in [0.5, 0.6) is 11.5 Å². The summed E-state index contributed by atoms with van der Waals surface area (Å²) in [6.07, 6.45) is 7.66. The van der Waals surface area contributed by atoms with Gasteiger partial charge in [-0.15, -0.1) is 0 Å². The summed E-state index contributed by atoms with van der Waals surface area (Å²) in [5.74, 6) is 1.42. The first-order valence-electron chi connectivity index (χ1n) is 10.1. The second kappa shape index (κ2) is 7.75.